The van der Waals surface area contributed by atoms with E-state index in [0.29, 0.717) is 0 Å². The predicted molar refractivity (Wildman–Crippen MR) is 72.1 cm³/mol. The van der Waals surface area contributed by atoms with Crippen LogP contribution < -0.4 is 5.32 Å². The standard InChI is InChI=1S/C14H10ClF2NO2/c15-10-3-1-2-9(13(10)17)7-18-12-6-8(14(19)20)4-5-11(12)16/h1-6,18H,7H2,(H,19,20). The van der Waals surface area contributed by atoms with E-state index < -0.39 is 17.6 Å². The van der Waals surface area contributed by atoms with Gasteiger partial charge in [-0.05, 0) is 24.3 Å². The molecule has 2 N–H and O–H groups in total. The first-order valence-corrected chi connectivity index (χ1v) is 6.06. The molecule has 0 radical (unpaired) electrons. The van der Waals surface area contributed by atoms with Crippen molar-refractivity contribution in [1.29, 1.82) is 0 Å². The molecule has 104 valence electrons. The van der Waals surface area contributed by atoms with Gasteiger partial charge in [0.1, 0.15) is 11.6 Å². The lowest BCUT2D eigenvalue weighted by Crippen LogP contribution is -2.05. The summed E-state index contributed by atoms with van der Waals surface area (Å²) in [5, 5.41) is 11.5. The number of carboxylic acid groups (broad SMARTS) is 1. The van der Waals surface area contributed by atoms with Gasteiger partial charge in [0.05, 0.1) is 16.3 Å². The van der Waals surface area contributed by atoms with Crippen LogP contribution in [0.4, 0.5) is 14.5 Å². The van der Waals surface area contributed by atoms with Gasteiger partial charge in [0.15, 0.2) is 0 Å². The van der Waals surface area contributed by atoms with E-state index >= 15 is 0 Å². The summed E-state index contributed by atoms with van der Waals surface area (Å²) in [6.07, 6.45) is 0. The summed E-state index contributed by atoms with van der Waals surface area (Å²) in [6, 6.07) is 7.84. The second-order valence-corrected chi connectivity index (χ2v) is 4.47. The molecule has 2 aromatic carbocycles. The van der Waals surface area contributed by atoms with Gasteiger partial charge < -0.3 is 10.4 Å². The average molecular weight is 298 g/mol. The zero-order valence-corrected chi connectivity index (χ0v) is 10.9. The van der Waals surface area contributed by atoms with E-state index in [2.05, 4.69) is 5.32 Å². The van der Waals surface area contributed by atoms with Crippen LogP contribution in [-0.4, -0.2) is 11.1 Å². The summed E-state index contributed by atoms with van der Waals surface area (Å²) in [5.41, 5.74) is 0.197. The van der Waals surface area contributed by atoms with Gasteiger partial charge in [-0.15, -0.1) is 0 Å². The van der Waals surface area contributed by atoms with Crippen molar-refractivity contribution in [3.8, 4) is 0 Å². The molecule has 6 heteroatoms. The minimum atomic E-state index is -1.16. The zero-order valence-electron chi connectivity index (χ0n) is 10.2. The Hall–Kier alpha value is -2.14. The highest BCUT2D eigenvalue weighted by molar-refractivity contribution is 6.30. The van der Waals surface area contributed by atoms with E-state index in [1.807, 2.05) is 0 Å². The van der Waals surface area contributed by atoms with Crippen LogP contribution >= 0.6 is 11.6 Å². The summed E-state index contributed by atoms with van der Waals surface area (Å²) in [5.74, 6) is -2.36. The molecule has 0 spiro atoms. The van der Waals surface area contributed by atoms with Crippen LogP contribution in [0.3, 0.4) is 0 Å². The van der Waals surface area contributed by atoms with Crippen LogP contribution in [0.25, 0.3) is 0 Å². The Labute approximate surface area is 118 Å². The maximum Gasteiger partial charge on any atom is 0.335 e. The van der Waals surface area contributed by atoms with Gasteiger partial charge >= 0.3 is 5.97 Å². The van der Waals surface area contributed by atoms with Gasteiger partial charge in [-0.1, -0.05) is 23.7 Å². The molecule has 0 atom stereocenters. The third kappa shape index (κ3) is 3.05. The Kier molecular flexibility index (Phi) is 4.20. The number of benzene rings is 2. The molecule has 0 aliphatic rings. The van der Waals surface area contributed by atoms with Gasteiger partial charge in [-0.2, -0.15) is 0 Å². The molecule has 0 fully saturated rings. The summed E-state index contributed by atoms with van der Waals surface area (Å²) in [4.78, 5) is 10.8. The van der Waals surface area contributed by atoms with E-state index in [4.69, 9.17) is 16.7 Å². The Balaban J connectivity index is 2.20. The van der Waals surface area contributed by atoms with Crippen molar-refractivity contribution in [3.05, 3.63) is 64.2 Å². The van der Waals surface area contributed by atoms with E-state index in [0.717, 1.165) is 18.2 Å². The average Bonchev–Trinajstić information content (AvgIpc) is 2.41. The maximum absolute atomic E-state index is 13.7. The van der Waals surface area contributed by atoms with Crippen LogP contribution in [0.5, 0.6) is 0 Å². The van der Waals surface area contributed by atoms with Gasteiger partial charge in [0.25, 0.3) is 0 Å². The molecule has 0 saturated carbocycles. The maximum atomic E-state index is 13.7. The van der Waals surface area contributed by atoms with Crippen molar-refractivity contribution in [1.82, 2.24) is 0 Å². The smallest absolute Gasteiger partial charge is 0.335 e. The lowest BCUT2D eigenvalue weighted by molar-refractivity contribution is 0.0697. The number of carboxylic acids is 1. The number of carbonyl (C=O) groups is 1. The van der Waals surface area contributed by atoms with E-state index in [1.54, 1.807) is 6.07 Å². The highest BCUT2D eigenvalue weighted by Gasteiger charge is 2.10. The molecule has 0 unspecified atom stereocenters. The molecule has 0 saturated heterocycles. The molecule has 2 aromatic rings. The lowest BCUT2D eigenvalue weighted by atomic mass is 10.1. The Morgan fingerprint density at radius 2 is 2.00 bits per heavy atom. The second-order valence-electron chi connectivity index (χ2n) is 4.07. The van der Waals surface area contributed by atoms with Crippen molar-refractivity contribution in [2.24, 2.45) is 0 Å². The predicted octanol–water partition coefficient (Wildman–Crippen LogP) is 3.93. The van der Waals surface area contributed by atoms with Crippen LogP contribution in [-0.2, 0) is 6.54 Å². The molecule has 2 rings (SSSR count). The fourth-order valence-corrected chi connectivity index (χ4v) is 1.86. The summed E-state index contributed by atoms with van der Waals surface area (Å²) < 4.78 is 27.2. The van der Waals surface area contributed by atoms with Crippen molar-refractivity contribution in [2.45, 2.75) is 6.54 Å². The van der Waals surface area contributed by atoms with Crippen LogP contribution in [0, 0.1) is 11.6 Å². The normalized spacial score (nSPS) is 10.3. The van der Waals surface area contributed by atoms with E-state index in [9.17, 15) is 13.6 Å². The first-order chi connectivity index (χ1) is 9.49. The molecule has 3 nitrogen and oxygen atoms in total. The van der Waals surface area contributed by atoms with Gasteiger partial charge in [0, 0.05) is 12.1 Å². The Bertz CT molecular complexity index is 662. The third-order valence-corrected chi connectivity index (χ3v) is 3.01. The quantitative estimate of drug-likeness (QED) is 0.899. The molecular weight excluding hydrogens is 288 g/mol. The lowest BCUT2D eigenvalue weighted by Gasteiger charge is -2.10. The molecule has 0 bridgehead atoms. The SMILES string of the molecule is O=C(O)c1ccc(F)c(NCc2cccc(Cl)c2F)c1. The number of anilines is 1. The first kappa shape index (κ1) is 14.3. The van der Waals surface area contributed by atoms with Crippen molar-refractivity contribution in [3.63, 3.8) is 0 Å². The minimum Gasteiger partial charge on any atom is -0.478 e. The number of hydrogen-bond acceptors (Lipinski definition) is 2. The van der Waals surface area contributed by atoms with E-state index in [-0.39, 0.29) is 28.4 Å². The Morgan fingerprint density at radius 1 is 1.25 bits per heavy atom. The molecule has 0 aliphatic carbocycles. The number of hydrogen-bond donors (Lipinski definition) is 2. The first-order valence-electron chi connectivity index (χ1n) is 5.68. The number of nitrogens with one attached hydrogen (secondary N) is 1. The number of halogens is 3. The fraction of sp³-hybridized carbons (Fsp3) is 0.0714. The molecule has 0 amide bonds. The molecule has 20 heavy (non-hydrogen) atoms. The molecule has 0 aliphatic heterocycles. The van der Waals surface area contributed by atoms with Crippen molar-refractivity contribution >= 4 is 23.3 Å². The van der Waals surface area contributed by atoms with Crippen molar-refractivity contribution in [2.75, 3.05) is 5.32 Å². The monoisotopic (exact) mass is 297 g/mol. The fourth-order valence-electron chi connectivity index (χ4n) is 1.67. The molecular formula is C14H10ClF2NO2. The minimum absolute atomic E-state index is 0.00755. The summed E-state index contributed by atoms with van der Waals surface area (Å²) in [6.45, 7) is -0.00755. The highest BCUT2D eigenvalue weighted by Crippen LogP contribution is 2.21. The highest BCUT2D eigenvalue weighted by atomic mass is 35.5. The third-order valence-electron chi connectivity index (χ3n) is 2.71. The molecule has 0 heterocycles. The van der Waals surface area contributed by atoms with Gasteiger partial charge in [-0.3, -0.25) is 0 Å². The zero-order chi connectivity index (χ0) is 14.7. The van der Waals surface area contributed by atoms with E-state index in [1.165, 1.54) is 12.1 Å². The van der Waals surface area contributed by atoms with Gasteiger partial charge in [-0.25, -0.2) is 13.6 Å². The number of rotatable bonds is 4. The molecule has 0 aromatic heterocycles. The second kappa shape index (κ2) is 5.88. The van der Waals surface area contributed by atoms with Crippen molar-refractivity contribution < 1.29 is 18.7 Å². The van der Waals surface area contributed by atoms with Crippen LogP contribution in [0.2, 0.25) is 5.02 Å². The Morgan fingerprint density at radius 3 is 2.70 bits per heavy atom. The van der Waals surface area contributed by atoms with Crippen LogP contribution in [0.15, 0.2) is 36.4 Å². The summed E-state index contributed by atoms with van der Waals surface area (Å²) in [7, 11) is 0. The van der Waals surface area contributed by atoms with Gasteiger partial charge in [0.2, 0.25) is 0 Å². The number of aromatic carboxylic acids is 1. The van der Waals surface area contributed by atoms with Crippen LogP contribution in [0.1, 0.15) is 15.9 Å². The summed E-state index contributed by atoms with van der Waals surface area (Å²) >= 11 is 5.64. The largest absolute Gasteiger partial charge is 0.478 e. The topological polar surface area (TPSA) is 49.3 Å².